The third-order valence-corrected chi connectivity index (χ3v) is 6.01. The Kier molecular flexibility index (Phi) is 5.12. The van der Waals surface area contributed by atoms with Gasteiger partial charge in [0.15, 0.2) is 10.8 Å². The predicted molar refractivity (Wildman–Crippen MR) is 115 cm³/mol. The number of amides is 1. The number of amidine groups is 1. The number of hydrogen-bond acceptors (Lipinski definition) is 5. The number of carbonyl (C=O) groups excluding carboxylic acids is 1. The molecule has 3 aromatic rings. The molecule has 1 fully saturated rings. The summed E-state index contributed by atoms with van der Waals surface area (Å²) in [4.78, 5) is 24.0. The topological polar surface area (TPSA) is 63.4 Å². The number of nitrogens with zero attached hydrogens (tertiary/aromatic N) is 5. The highest BCUT2D eigenvalue weighted by molar-refractivity contribution is 8.14. The first-order chi connectivity index (χ1) is 13.5. The van der Waals surface area contributed by atoms with Crippen molar-refractivity contribution < 1.29 is 4.79 Å². The molecule has 0 saturated carbocycles. The molecule has 144 valence electrons. The van der Waals surface area contributed by atoms with E-state index in [-0.39, 0.29) is 11.9 Å². The van der Waals surface area contributed by atoms with Crippen molar-refractivity contribution in [3.63, 3.8) is 0 Å². The zero-order valence-corrected chi connectivity index (χ0v) is 17.5. The van der Waals surface area contributed by atoms with Crippen LogP contribution >= 0.6 is 23.4 Å². The molecule has 0 bridgehead atoms. The van der Waals surface area contributed by atoms with Gasteiger partial charge in [0.1, 0.15) is 0 Å². The van der Waals surface area contributed by atoms with Crippen LogP contribution in [0.1, 0.15) is 35.8 Å². The number of aromatic nitrogens is 3. The summed E-state index contributed by atoms with van der Waals surface area (Å²) in [5.41, 5.74) is 3.00. The SMILES string of the molecule is Cc1c(Cl)cccc1N=C1SCCN1C(=O)c1cnc2c(cnn2C(C)C)c1. The van der Waals surface area contributed by atoms with Gasteiger partial charge in [-0.1, -0.05) is 29.4 Å². The van der Waals surface area contributed by atoms with Gasteiger partial charge in [-0.3, -0.25) is 9.69 Å². The molecule has 0 radical (unpaired) electrons. The highest BCUT2D eigenvalue weighted by Gasteiger charge is 2.27. The standard InChI is InChI=1S/C20H20ClN5OS/c1-12(2)26-18-14(11-23-26)9-15(10-22-18)19(27)25-7-8-28-20(25)24-17-6-4-5-16(21)13(17)3/h4-6,9-12H,7-8H2,1-3H3. The summed E-state index contributed by atoms with van der Waals surface area (Å²) < 4.78 is 1.85. The fourth-order valence-corrected chi connectivity index (χ4v) is 4.21. The zero-order chi connectivity index (χ0) is 19.8. The van der Waals surface area contributed by atoms with Gasteiger partial charge >= 0.3 is 0 Å². The van der Waals surface area contributed by atoms with Crippen LogP contribution in [0.25, 0.3) is 11.0 Å². The van der Waals surface area contributed by atoms with Crippen molar-refractivity contribution in [3.8, 4) is 0 Å². The second-order valence-electron chi connectivity index (χ2n) is 6.90. The monoisotopic (exact) mass is 413 g/mol. The number of hydrogen-bond donors (Lipinski definition) is 0. The summed E-state index contributed by atoms with van der Waals surface area (Å²) in [5, 5.41) is 6.58. The van der Waals surface area contributed by atoms with Gasteiger partial charge in [0.05, 0.1) is 17.4 Å². The molecule has 0 atom stereocenters. The molecule has 28 heavy (non-hydrogen) atoms. The fourth-order valence-electron chi connectivity index (χ4n) is 3.09. The summed E-state index contributed by atoms with van der Waals surface area (Å²) in [6.07, 6.45) is 3.37. The van der Waals surface area contributed by atoms with E-state index < -0.39 is 0 Å². The number of benzene rings is 1. The molecule has 1 aliphatic heterocycles. The van der Waals surface area contributed by atoms with Gasteiger partial charge in [-0.05, 0) is 44.5 Å². The maximum Gasteiger partial charge on any atom is 0.261 e. The number of pyridine rings is 1. The Hall–Kier alpha value is -2.38. The average Bonchev–Trinajstić information content (AvgIpc) is 3.31. The van der Waals surface area contributed by atoms with E-state index in [1.807, 2.05) is 35.9 Å². The van der Waals surface area contributed by atoms with Crippen LogP contribution < -0.4 is 0 Å². The Morgan fingerprint density at radius 1 is 1.32 bits per heavy atom. The largest absolute Gasteiger partial charge is 0.286 e. The number of thioether (sulfide) groups is 1. The smallest absolute Gasteiger partial charge is 0.261 e. The van der Waals surface area contributed by atoms with Crippen molar-refractivity contribution in [2.75, 3.05) is 12.3 Å². The van der Waals surface area contributed by atoms with Gasteiger partial charge < -0.3 is 0 Å². The molecular weight excluding hydrogens is 394 g/mol. The highest BCUT2D eigenvalue weighted by atomic mass is 35.5. The third kappa shape index (κ3) is 3.40. The van der Waals surface area contributed by atoms with E-state index in [2.05, 4.69) is 23.9 Å². The molecule has 1 aliphatic rings. The quantitative estimate of drug-likeness (QED) is 0.615. The lowest BCUT2D eigenvalue weighted by Gasteiger charge is -2.16. The molecule has 1 amide bonds. The Morgan fingerprint density at radius 2 is 2.14 bits per heavy atom. The molecule has 6 nitrogen and oxygen atoms in total. The lowest BCUT2D eigenvalue weighted by atomic mass is 10.2. The maximum absolute atomic E-state index is 13.1. The van der Waals surface area contributed by atoms with E-state index >= 15 is 0 Å². The normalized spacial score (nSPS) is 15.9. The first-order valence-corrected chi connectivity index (χ1v) is 10.4. The summed E-state index contributed by atoms with van der Waals surface area (Å²) >= 11 is 7.77. The molecule has 1 saturated heterocycles. The van der Waals surface area contributed by atoms with E-state index in [0.717, 1.165) is 28.0 Å². The van der Waals surface area contributed by atoms with Crippen LogP contribution in [0.15, 0.2) is 41.7 Å². The fraction of sp³-hybridized carbons (Fsp3) is 0.300. The van der Waals surface area contributed by atoms with Crippen LogP contribution in [0.2, 0.25) is 5.02 Å². The minimum Gasteiger partial charge on any atom is -0.286 e. The Labute approximate surface area is 172 Å². The molecule has 3 heterocycles. The Bertz CT molecular complexity index is 1090. The summed E-state index contributed by atoms with van der Waals surface area (Å²) in [7, 11) is 0. The lowest BCUT2D eigenvalue weighted by molar-refractivity contribution is 0.0859. The third-order valence-electron chi connectivity index (χ3n) is 4.65. The minimum atomic E-state index is -0.102. The first kappa shape index (κ1) is 19.0. The van der Waals surface area contributed by atoms with Crippen molar-refractivity contribution in [1.82, 2.24) is 19.7 Å². The maximum atomic E-state index is 13.1. The van der Waals surface area contributed by atoms with Crippen molar-refractivity contribution in [1.29, 1.82) is 0 Å². The van der Waals surface area contributed by atoms with E-state index in [1.54, 1.807) is 29.1 Å². The second-order valence-corrected chi connectivity index (χ2v) is 8.37. The molecule has 0 spiro atoms. The molecule has 2 aromatic heterocycles. The van der Waals surface area contributed by atoms with Gasteiger partial charge in [-0.15, -0.1) is 0 Å². The number of halogens is 1. The summed E-state index contributed by atoms with van der Waals surface area (Å²) in [6, 6.07) is 7.67. The van der Waals surface area contributed by atoms with E-state index in [9.17, 15) is 4.79 Å². The predicted octanol–water partition coefficient (Wildman–Crippen LogP) is 4.85. The Morgan fingerprint density at radius 3 is 2.93 bits per heavy atom. The van der Waals surface area contributed by atoms with Crippen LogP contribution in [0.3, 0.4) is 0 Å². The Balaban J connectivity index is 1.66. The number of aliphatic imine (C=N–C) groups is 1. The van der Waals surface area contributed by atoms with Gasteiger partial charge in [-0.25, -0.2) is 14.7 Å². The zero-order valence-electron chi connectivity index (χ0n) is 15.9. The minimum absolute atomic E-state index is 0.102. The first-order valence-electron chi connectivity index (χ1n) is 9.07. The van der Waals surface area contributed by atoms with Gasteiger partial charge in [-0.2, -0.15) is 5.10 Å². The summed E-state index contributed by atoms with van der Waals surface area (Å²) in [5.74, 6) is 0.709. The molecule has 4 rings (SSSR count). The van der Waals surface area contributed by atoms with Crippen molar-refractivity contribution in [3.05, 3.63) is 52.8 Å². The van der Waals surface area contributed by atoms with E-state index in [4.69, 9.17) is 16.6 Å². The van der Waals surface area contributed by atoms with Crippen LogP contribution in [0.5, 0.6) is 0 Å². The number of fused-ring (bicyclic) bond motifs is 1. The van der Waals surface area contributed by atoms with Gasteiger partial charge in [0.25, 0.3) is 5.91 Å². The number of rotatable bonds is 3. The van der Waals surface area contributed by atoms with Crippen LogP contribution in [-0.4, -0.2) is 43.0 Å². The molecular formula is C20H20ClN5OS. The van der Waals surface area contributed by atoms with Crippen molar-refractivity contribution >= 4 is 51.2 Å². The van der Waals surface area contributed by atoms with Crippen molar-refractivity contribution in [2.24, 2.45) is 4.99 Å². The molecule has 8 heteroatoms. The molecule has 1 aromatic carbocycles. The molecule has 0 unspecified atom stereocenters. The molecule has 0 aliphatic carbocycles. The average molecular weight is 414 g/mol. The van der Waals surface area contributed by atoms with Gasteiger partial charge in [0.2, 0.25) is 0 Å². The van der Waals surface area contributed by atoms with Crippen LogP contribution in [-0.2, 0) is 0 Å². The van der Waals surface area contributed by atoms with Crippen LogP contribution in [0, 0.1) is 6.92 Å². The van der Waals surface area contributed by atoms with E-state index in [1.165, 1.54) is 0 Å². The second kappa shape index (κ2) is 7.56. The van der Waals surface area contributed by atoms with Crippen molar-refractivity contribution in [2.45, 2.75) is 26.8 Å². The molecule has 0 N–H and O–H groups in total. The lowest BCUT2D eigenvalue weighted by Crippen LogP contribution is -2.31. The van der Waals surface area contributed by atoms with Crippen LogP contribution in [0.4, 0.5) is 5.69 Å². The number of carbonyl (C=O) groups is 1. The van der Waals surface area contributed by atoms with E-state index in [0.29, 0.717) is 22.3 Å². The van der Waals surface area contributed by atoms with Gasteiger partial charge in [0, 0.05) is 34.9 Å². The summed E-state index contributed by atoms with van der Waals surface area (Å²) in [6.45, 7) is 6.65. The highest BCUT2D eigenvalue weighted by Crippen LogP contribution is 2.30.